The summed E-state index contributed by atoms with van der Waals surface area (Å²) in [5.74, 6) is -1.12. The van der Waals surface area contributed by atoms with Crippen LogP contribution in [0.25, 0.3) is 0 Å². The number of carbonyl (C=O) groups is 2. The van der Waals surface area contributed by atoms with Crippen molar-refractivity contribution in [3.05, 3.63) is 28.2 Å². The van der Waals surface area contributed by atoms with E-state index in [0.717, 1.165) is 25.7 Å². The van der Waals surface area contributed by atoms with Crippen LogP contribution in [0, 0.1) is 0 Å². The van der Waals surface area contributed by atoms with Gasteiger partial charge in [0.1, 0.15) is 0 Å². The molecule has 4 nitrogen and oxygen atoms in total. The average molecular weight is 315 g/mol. The fraction of sp³-hybridized carbons (Fsp3) is 0.429. The zero-order valence-electron chi connectivity index (χ0n) is 11.0. The lowest BCUT2D eigenvalue weighted by atomic mass is 10.2. The number of hydrogen-bond donors (Lipinski definition) is 1. The highest BCUT2D eigenvalue weighted by atomic mass is 35.5. The molecule has 0 unspecified atom stereocenters. The van der Waals surface area contributed by atoms with Crippen molar-refractivity contribution >= 4 is 40.7 Å². The number of nitrogens with zero attached hydrogens (tertiary/aromatic N) is 1. The van der Waals surface area contributed by atoms with Crippen LogP contribution in [-0.4, -0.2) is 29.8 Å². The number of amides is 2. The highest BCUT2D eigenvalue weighted by Crippen LogP contribution is 2.25. The summed E-state index contributed by atoms with van der Waals surface area (Å²) < 4.78 is 0. The van der Waals surface area contributed by atoms with E-state index in [4.69, 9.17) is 23.2 Å². The average Bonchev–Trinajstić information content (AvgIpc) is 2.71. The van der Waals surface area contributed by atoms with Crippen LogP contribution in [0.1, 0.15) is 25.7 Å². The molecule has 1 aromatic rings. The molecular weight excluding hydrogens is 299 g/mol. The first-order valence-electron chi connectivity index (χ1n) is 6.63. The lowest BCUT2D eigenvalue weighted by Crippen LogP contribution is -2.40. The van der Waals surface area contributed by atoms with Crippen molar-refractivity contribution in [3.8, 4) is 0 Å². The molecular formula is C14H16Cl2N2O2. The Morgan fingerprint density at radius 3 is 2.25 bits per heavy atom. The predicted molar refractivity (Wildman–Crippen MR) is 80.1 cm³/mol. The maximum Gasteiger partial charge on any atom is 0.313 e. The zero-order valence-corrected chi connectivity index (χ0v) is 12.5. The second-order valence-corrected chi connectivity index (χ2v) is 5.60. The van der Waals surface area contributed by atoms with Gasteiger partial charge in [0.05, 0.1) is 10.0 Å². The summed E-state index contributed by atoms with van der Waals surface area (Å²) in [5, 5.41) is 3.30. The van der Waals surface area contributed by atoms with E-state index in [2.05, 4.69) is 5.32 Å². The third-order valence-corrected chi connectivity index (χ3v) is 4.00. The van der Waals surface area contributed by atoms with Gasteiger partial charge in [-0.2, -0.15) is 0 Å². The topological polar surface area (TPSA) is 49.4 Å². The van der Waals surface area contributed by atoms with Crippen LogP contribution in [0.2, 0.25) is 10.0 Å². The van der Waals surface area contributed by atoms with Crippen LogP contribution in [0.15, 0.2) is 18.2 Å². The minimum atomic E-state index is -0.634. The minimum absolute atomic E-state index is 0.340. The Kier molecular flexibility index (Phi) is 5.26. The first kappa shape index (κ1) is 15.1. The van der Waals surface area contributed by atoms with E-state index in [0.29, 0.717) is 28.8 Å². The molecule has 1 N–H and O–H groups in total. The van der Waals surface area contributed by atoms with Gasteiger partial charge >= 0.3 is 11.8 Å². The second-order valence-electron chi connectivity index (χ2n) is 4.79. The van der Waals surface area contributed by atoms with Crippen molar-refractivity contribution in [1.29, 1.82) is 0 Å². The van der Waals surface area contributed by atoms with Gasteiger partial charge in [-0.15, -0.1) is 0 Å². The molecule has 1 aromatic carbocycles. The monoisotopic (exact) mass is 314 g/mol. The number of benzene rings is 1. The predicted octanol–water partition coefficient (Wildman–Crippen LogP) is 3.33. The van der Waals surface area contributed by atoms with Crippen LogP contribution in [0.3, 0.4) is 0 Å². The summed E-state index contributed by atoms with van der Waals surface area (Å²) in [6.07, 6.45) is 4.12. The third kappa shape index (κ3) is 3.87. The molecule has 0 saturated carbocycles. The van der Waals surface area contributed by atoms with E-state index >= 15 is 0 Å². The number of carbonyl (C=O) groups excluding carboxylic acids is 2. The lowest BCUT2D eigenvalue weighted by Gasteiger charge is -2.19. The molecule has 0 aromatic heterocycles. The van der Waals surface area contributed by atoms with Gasteiger partial charge < -0.3 is 10.2 Å². The van der Waals surface area contributed by atoms with Crippen LogP contribution in [-0.2, 0) is 9.59 Å². The van der Waals surface area contributed by atoms with Crippen LogP contribution >= 0.6 is 23.2 Å². The van der Waals surface area contributed by atoms with Gasteiger partial charge in [-0.25, -0.2) is 0 Å². The largest absolute Gasteiger partial charge is 0.334 e. The molecule has 2 amide bonds. The zero-order chi connectivity index (χ0) is 14.5. The first-order valence-corrected chi connectivity index (χ1v) is 7.39. The standard InChI is InChI=1S/C14H16Cl2N2O2/c15-11-6-5-10(9-12(11)16)17-13(19)14(20)18-7-3-1-2-4-8-18/h5-6,9H,1-4,7-8H2,(H,17,19). The van der Waals surface area contributed by atoms with E-state index in [1.807, 2.05) is 0 Å². The Balaban J connectivity index is 1.99. The van der Waals surface area contributed by atoms with Crippen molar-refractivity contribution in [2.24, 2.45) is 0 Å². The first-order chi connectivity index (χ1) is 9.58. The molecule has 0 radical (unpaired) electrons. The van der Waals surface area contributed by atoms with Gasteiger partial charge in [0.15, 0.2) is 0 Å². The molecule has 0 atom stereocenters. The molecule has 2 rings (SSSR count). The molecule has 1 fully saturated rings. The van der Waals surface area contributed by atoms with Crippen LogP contribution in [0.5, 0.6) is 0 Å². The molecule has 0 bridgehead atoms. The molecule has 1 aliphatic heterocycles. The van der Waals surface area contributed by atoms with Crippen LogP contribution in [0.4, 0.5) is 5.69 Å². The van der Waals surface area contributed by atoms with Gasteiger partial charge in [0.2, 0.25) is 0 Å². The highest BCUT2D eigenvalue weighted by Gasteiger charge is 2.22. The third-order valence-electron chi connectivity index (χ3n) is 3.26. The maximum atomic E-state index is 12.1. The molecule has 1 aliphatic rings. The van der Waals surface area contributed by atoms with Gasteiger partial charge in [-0.1, -0.05) is 36.0 Å². The van der Waals surface area contributed by atoms with Crippen LogP contribution < -0.4 is 5.32 Å². The second kappa shape index (κ2) is 6.95. The van der Waals surface area contributed by atoms with Crippen molar-refractivity contribution in [1.82, 2.24) is 4.90 Å². The summed E-state index contributed by atoms with van der Waals surface area (Å²) in [7, 11) is 0. The molecule has 0 aliphatic carbocycles. The number of halogens is 2. The summed E-state index contributed by atoms with van der Waals surface area (Å²) in [4.78, 5) is 25.6. The van der Waals surface area contributed by atoms with E-state index < -0.39 is 11.8 Å². The Morgan fingerprint density at radius 2 is 1.65 bits per heavy atom. The molecule has 108 valence electrons. The number of likely N-dealkylation sites (tertiary alicyclic amines) is 1. The minimum Gasteiger partial charge on any atom is -0.334 e. The number of rotatable bonds is 1. The highest BCUT2D eigenvalue weighted by molar-refractivity contribution is 6.42. The molecule has 20 heavy (non-hydrogen) atoms. The Bertz CT molecular complexity index is 512. The Hall–Kier alpha value is -1.26. The molecule has 0 spiro atoms. The van der Waals surface area contributed by atoms with E-state index in [9.17, 15) is 9.59 Å². The fourth-order valence-electron chi connectivity index (χ4n) is 2.18. The quantitative estimate of drug-likeness (QED) is 0.808. The van der Waals surface area contributed by atoms with Gasteiger partial charge in [-0.3, -0.25) is 9.59 Å². The van der Waals surface area contributed by atoms with Gasteiger partial charge in [0, 0.05) is 18.8 Å². The van der Waals surface area contributed by atoms with Crippen molar-refractivity contribution < 1.29 is 9.59 Å². The van der Waals surface area contributed by atoms with Crippen molar-refractivity contribution in [2.45, 2.75) is 25.7 Å². The Labute approximate surface area is 128 Å². The summed E-state index contributed by atoms with van der Waals surface area (Å²) in [5.41, 5.74) is 0.465. The normalized spacial score (nSPS) is 15.6. The summed E-state index contributed by atoms with van der Waals surface area (Å²) in [6.45, 7) is 1.29. The molecule has 1 saturated heterocycles. The number of nitrogens with one attached hydrogen (secondary N) is 1. The molecule has 1 heterocycles. The number of anilines is 1. The van der Waals surface area contributed by atoms with E-state index in [1.54, 1.807) is 17.0 Å². The Morgan fingerprint density at radius 1 is 1.00 bits per heavy atom. The fourth-order valence-corrected chi connectivity index (χ4v) is 2.47. The van der Waals surface area contributed by atoms with E-state index in [1.165, 1.54) is 6.07 Å². The maximum absolute atomic E-state index is 12.1. The molecule has 6 heteroatoms. The number of hydrogen-bond acceptors (Lipinski definition) is 2. The summed E-state index contributed by atoms with van der Waals surface area (Å²) >= 11 is 11.7. The van der Waals surface area contributed by atoms with Crippen molar-refractivity contribution in [3.63, 3.8) is 0 Å². The van der Waals surface area contributed by atoms with E-state index in [-0.39, 0.29) is 0 Å². The summed E-state index contributed by atoms with van der Waals surface area (Å²) in [6, 6.07) is 4.72. The van der Waals surface area contributed by atoms with Gasteiger partial charge in [-0.05, 0) is 31.0 Å². The van der Waals surface area contributed by atoms with Crippen molar-refractivity contribution in [2.75, 3.05) is 18.4 Å². The smallest absolute Gasteiger partial charge is 0.313 e. The lowest BCUT2D eigenvalue weighted by molar-refractivity contribution is -0.143. The SMILES string of the molecule is O=C(Nc1ccc(Cl)c(Cl)c1)C(=O)N1CCCCCC1. The van der Waals surface area contributed by atoms with Gasteiger partial charge in [0.25, 0.3) is 0 Å².